The molecule has 0 saturated heterocycles. The van der Waals surface area contributed by atoms with Crippen molar-refractivity contribution in [1.82, 2.24) is 15.0 Å². The number of hydrogen-bond acceptors (Lipinski definition) is 2. The van der Waals surface area contributed by atoms with Crippen molar-refractivity contribution in [2.45, 2.75) is 94.0 Å². The van der Waals surface area contributed by atoms with Gasteiger partial charge in [-0.15, -0.1) is 5.10 Å². The Morgan fingerprint density at radius 3 is 1.61 bits per heavy atom. The van der Waals surface area contributed by atoms with Gasteiger partial charge in [0.1, 0.15) is 0 Å². The maximum atomic E-state index is 4.59. The minimum absolute atomic E-state index is 0.0303. The average molecular weight is 322 g/mol. The molecular weight excluding hydrogens is 282 g/mol. The molecule has 1 aromatic rings. The first-order valence-electron chi connectivity index (χ1n) is 9.03. The van der Waals surface area contributed by atoms with E-state index in [0.29, 0.717) is 11.8 Å². The summed E-state index contributed by atoms with van der Waals surface area (Å²) in [7, 11) is 0. The van der Waals surface area contributed by atoms with Crippen molar-refractivity contribution in [3.8, 4) is 0 Å². The molecule has 0 spiro atoms. The summed E-state index contributed by atoms with van der Waals surface area (Å²) in [4.78, 5) is 0. The minimum Gasteiger partial charge on any atom is -0.246 e. The number of aromatic nitrogens is 3. The largest absolute Gasteiger partial charge is 0.246 e. The van der Waals surface area contributed by atoms with Crippen LogP contribution in [0.25, 0.3) is 0 Å². The standard InChI is InChI=1S/C20H39N3/c1-14(2)17(5,6)19(9,10)16-13-23(22-21-16)20(11,12)18(7,8)15(3)4/h13-15H,1-12H3. The van der Waals surface area contributed by atoms with Crippen LogP contribution in [0.1, 0.15) is 88.8 Å². The van der Waals surface area contributed by atoms with Gasteiger partial charge in [0, 0.05) is 11.6 Å². The Bertz CT molecular complexity index is 484. The summed E-state index contributed by atoms with van der Waals surface area (Å²) in [6, 6.07) is 0. The lowest BCUT2D eigenvalue weighted by Gasteiger charge is -2.45. The van der Waals surface area contributed by atoms with E-state index in [2.05, 4.69) is 104 Å². The van der Waals surface area contributed by atoms with Gasteiger partial charge in [-0.3, -0.25) is 0 Å². The van der Waals surface area contributed by atoms with Crippen LogP contribution in [0.2, 0.25) is 0 Å². The molecule has 0 atom stereocenters. The van der Waals surface area contributed by atoms with E-state index in [1.807, 2.05) is 0 Å². The Hall–Kier alpha value is -0.860. The van der Waals surface area contributed by atoms with Crippen LogP contribution in [-0.4, -0.2) is 15.0 Å². The highest BCUT2D eigenvalue weighted by Crippen LogP contribution is 2.47. The highest BCUT2D eigenvalue weighted by atomic mass is 15.5. The zero-order chi connectivity index (χ0) is 18.4. The molecule has 0 aromatic carbocycles. The van der Waals surface area contributed by atoms with E-state index in [9.17, 15) is 0 Å². The summed E-state index contributed by atoms with van der Waals surface area (Å²) in [5.74, 6) is 1.13. The summed E-state index contributed by atoms with van der Waals surface area (Å²) >= 11 is 0. The van der Waals surface area contributed by atoms with Crippen molar-refractivity contribution in [3.63, 3.8) is 0 Å². The average Bonchev–Trinajstić information content (AvgIpc) is 2.88. The fourth-order valence-electron chi connectivity index (χ4n) is 2.88. The van der Waals surface area contributed by atoms with Crippen molar-refractivity contribution >= 4 is 0 Å². The van der Waals surface area contributed by atoms with Crippen molar-refractivity contribution in [1.29, 1.82) is 0 Å². The van der Waals surface area contributed by atoms with Crippen LogP contribution in [0.15, 0.2) is 6.20 Å². The lowest BCUT2D eigenvalue weighted by Crippen LogP contribution is -2.45. The Labute approximate surface area is 144 Å². The lowest BCUT2D eigenvalue weighted by molar-refractivity contribution is 0.0525. The first-order chi connectivity index (χ1) is 10.1. The summed E-state index contributed by atoms with van der Waals surface area (Å²) < 4.78 is 2.08. The van der Waals surface area contributed by atoms with Crippen LogP contribution in [0.5, 0.6) is 0 Å². The van der Waals surface area contributed by atoms with Crippen LogP contribution in [0, 0.1) is 22.7 Å². The molecule has 0 aliphatic heterocycles. The van der Waals surface area contributed by atoms with E-state index in [-0.39, 0.29) is 21.8 Å². The Morgan fingerprint density at radius 1 is 0.783 bits per heavy atom. The molecule has 0 aliphatic carbocycles. The third-order valence-electron chi connectivity index (χ3n) is 7.78. The second-order valence-electron chi connectivity index (χ2n) is 9.99. The van der Waals surface area contributed by atoms with Crippen LogP contribution in [0.3, 0.4) is 0 Å². The molecule has 0 radical (unpaired) electrons. The fourth-order valence-corrected chi connectivity index (χ4v) is 2.88. The van der Waals surface area contributed by atoms with Gasteiger partial charge >= 0.3 is 0 Å². The fraction of sp³-hybridized carbons (Fsp3) is 0.900. The molecule has 0 amide bonds. The molecule has 0 fully saturated rings. The van der Waals surface area contributed by atoms with Gasteiger partial charge in [0.25, 0.3) is 0 Å². The third kappa shape index (κ3) is 3.08. The topological polar surface area (TPSA) is 30.7 Å². The maximum absolute atomic E-state index is 4.59. The van der Waals surface area contributed by atoms with Crippen LogP contribution in [-0.2, 0) is 11.0 Å². The highest BCUT2D eigenvalue weighted by Gasteiger charge is 2.45. The molecular formula is C20H39N3. The smallest absolute Gasteiger partial charge is 0.0888 e. The highest BCUT2D eigenvalue weighted by molar-refractivity contribution is 5.16. The number of rotatable bonds is 6. The number of hydrogen-bond donors (Lipinski definition) is 0. The first kappa shape index (κ1) is 20.2. The molecule has 0 aliphatic rings. The van der Waals surface area contributed by atoms with E-state index in [1.54, 1.807) is 0 Å². The molecule has 1 aromatic heterocycles. The van der Waals surface area contributed by atoms with Crippen molar-refractivity contribution in [3.05, 3.63) is 11.9 Å². The molecule has 23 heavy (non-hydrogen) atoms. The monoisotopic (exact) mass is 321 g/mol. The Balaban J connectivity index is 3.31. The van der Waals surface area contributed by atoms with Crippen molar-refractivity contribution in [2.24, 2.45) is 22.7 Å². The predicted octanol–water partition coefficient (Wildman–Crippen LogP) is 5.66. The van der Waals surface area contributed by atoms with Crippen molar-refractivity contribution in [2.75, 3.05) is 0 Å². The van der Waals surface area contributed by atoms with E-state index >= 15 is 0 Å². The van der Waals surface area contributed by atoms with Gasteiger partial charge in [0.15, 0.2) is 0 Å². The van der Waals surface area contributed by atoms with Gasteiger partial charge in [-0.1, -0.05) is 74.5 Å². The second-order valence-corrected chi connectivity index (χ2v) is 9.99. The molecule has 0 unspecified atom stereocenters. The Morgan fingerprint density at radius 2 is 1.22 bits per heavy atom. The molecule has 0 saturated carbocycles. The van der Waals surface area contributed by atoms with Gasteiger partial charge in [-0.2, -0.15) is 0 Å². The van der Waals surface area contributed by atoms with Crippen LogP contribution in [0.4, 0.5) is 0 Å². The first-order valence-corrected chi connectivity index (χ1v) is 9.03. The molecule has 0 bridgehead atoms. The van der Waals surface area contributed by atoms with E-state index in [0.717, 1.165) is 5.69 Å². The summed E-state index contributed by atoms with van der Waals surface area (Å²) in [6.07, 6.45) is 2.17. The summed E-state index contributed by atoms with van der Waals surface area (Å²) in [5, 5.41) is 9.13. The number of nitrogens with zero attached hydrogens (tertiary/aromatic N) is 3. The lowest BCUT2D eigenvalue weighted by atomic mass is 9.61. The van der Waals surface area contributed by atoms with E-state index in [1.165, 1.54) is 0 Å². The molecule has 0 N–H and O–H groups in total. The normalized spacial score (nSPS) is 14.9. The predicted molar refractivity (Wildman–Crippen MR) is 99.6 cm³/mol. The zero-order valence-corrected chi connectivity index (χ0v) is 17.6. The summed E-state index contributed by atoms with van der Waals surface area (Å²) in [6.45, 7) is 27.6. The summed E-state index contributed by atoms with van der Waals surface area (Å²) in [5.41, 5.74) is 1.23. The SMILES string of the molecule is CC(C)C(C)(C)C(C)(C)c1cn(C(C)(C)C(C)(C)C(C)C)nn1. The molecule has 1 rings (SSSR count). The minimum atomic E-state index is -0.0928. The second kappa shape index (κ2) is 5.89. The third-order valence-corrected chi connectivity index (χ3v) is 7.78. The van der Waals surface area contributed by atoms with E-state index in [4.69, 9.17) is 0 Å². The van der Waals surface area contributed by atoms with Gasteiger partial charge in [0.2, 0.25) is 0 Å². The van der Waals surface area contributed by atoms with Gasteiger partial charge in [-0.05, 0) is 36.5 Å². The molecule has 1 heterocycles. The quantitative estimate of drug-likeness (QED) is 0.677. The maximum Gasteiger partial charge on any atom is 0.0888 e. The zero-order valence-electron chi connectivity index (χ0n) is 17.6. The van der Waals surface area contributed by atoms with Gasteiger partial charge in [0.05, 0.1) is 11.2 Å². The molecule has 3 nitrogen and oxygen atoms in total. The molecule has 134 valence electrons. The van der Waals surface area contributed by atoms with Gasteiger partial charge < -0.3 is 0 Å². The van der Waals surface area contributed by atoms with Crippen molar-refractivity contribution < 1.29 is 0 Å². The van der Waals surface area contributed by atoms with Crippen LogP contribution < -0.4 is 0 Å². The van der Waals surface area contributed by atoms with E-state index < -0.39 is 0 Å². The van der Waals surface area contributed by atoms with Crippen LogP contribution >= 0.6 is 0 Å². The Kier molecular flexibility index (Phi) is 5.17. The van der Waals surface area contributed by atoms with Gasteiger partial charge in [-0.25, -0.2) is 4.68 Å². The molecule has 3 heteroatoms.